The van der Waals surface area contributed by atoms with Gasteiger partial charge in [0.05, 0.1) is 52.4 Å². The number of amides is 3. The Morgan fingerprint density at radius 1 is 1.06 bits per heavy atom. The summed E-state index contributed by atoms with van der Waals surface area (Å²) in [4.78, 5) is 52.1. The number of ether oxygens (including phenoxy) is 2. The van der Waals surface area contributed by atoms with Gasteiger partial charge in [0.2, 0.25) is 5.91 Å². The second-order valence-electron chi connectivity index (χ2n) is 20.1. The molecular formula is C47H55Cl2FN6O5Si. The van der Waals surface area contributed by atoms with Crippen LogP contribution >= 0.6 is 23.2 Å². The summed E-state index contributed by atoms with van der Waals surface area (Å²) in [5.74, 6) is -1.78. The van der Waals surface area contributed by atoms with Crippen LogP contribution in [-0.4, -0.2) is 94.3 Å². The number of aryl methyl sites for hydroxylation is 2. The summed E-state index contributed by atoms with van der Waals surface area (Å²) in [7, 11) is -1.57. The van der Waals surface area contributed by atoms with Gasteiger partial charge in [0.1, 0.15) is 11.1 Å². The van der Waals surface area contributed by atoms with E-state index in [1.807, 2.05) is 44.7 Å². The third kappa shape index (κ3) is 7.51. The largest absolute Gasteiger partial charge is 0.450 e. The molecule has 6 atom stereocenters. The molecule has 10 rings (SSSR count). The SMILES string of the molecule is [2H]C1([2H])[C@@H]2C[C@H](CN1C(=O)OCC[Si](C)(C)C)N(C(=O)C1CC1)[C@H]2c1cc2c(C)nc3c(F)c(-c4cccc(Cl)c4Cl)c(CCC#N)cc3c2n1[C@H]1[C@@H]2C[C@H]1N(C(=O)OC(C)(C)C)C2. The summed E-state index contributed by atoms with van der Waals surface area (Å²) in [6, 6.07) is 9.86. The zero-order valence-corrected chi connectivity index (χ0v) is 38.9. The van der Waals surface area contributed by atoms with E-state index >= 15 is 4.39 Å². The van der Waals surface area contributed by atoms with E-state index < -0.39 is 56.2 Å². The molecule has 6 fully saturated rings. The van der Waals surface area contributed by atoms with E-state index in [9.17, 15) is 22.4 Å². The first-order chi connectivity index (χ1) is 30.1. The number of aromatic nitrogens is 2. The van der Waals surface area contributed by atoms with E-state index in [0.29, 0.717) is 58.2 Å². The molecule has 0 spiro atoms. The van der Waals surface area contributed by atoms with Gasteiger partial charge in [-0.05, 0) is 89.6 Å². The first kappa shape index (κ1) is 40.4. The second-order valence-corrected chi connectivity index (χ2v) is 26.5. The molecule has 11 nitrogen and oxygen atoms in total. The van der Waals surface area contributed by atoms with Crippen molar-refractivity contribution in [2.75, 3.05) is 26.2 Å². The molecule has 0 radical (unpaired) electrons. The molecule has 2 aromatic carbocycles. The molecule has 6 heterocycles. The maximum absolute atomic E-state index is 17.6. The van der Waals surface area contributed by atoms with Crippen molar-refractivity contribution in [2.45, 2.75) is 122 Å². The van der Waals surface area contributed by atoms with Crippen molar-refractivity contribution in [3.8, 4) is 17.2 Å². The summed E-state index contributed by atoms with van der Waals surface area (Å²) in [6.07, 6.45) is 1.61. The maximum Gasteiger partial charge on any atom is 0.410 e. The molecule has 2 aliphatic carbocycles. The van der Waals surface area contributed by atoms with Crippen LogP contribution in [0.5, 0.6) is 0 Å². The molecule has 0 unspecified atom stereocenters. The number of carbonyl (C=O) groups excluding carboxylic acids is 3. The third-order valence-corrected chi connectivity index (χ3v) is 15.8. The molecule has 0 N–H and O–H groups in total. The minimum absolute atomic E-state index is 0.0165. The van der Waals surface area contributed by atoms with Gasteiger partial charge in [-0.25, -0.2) is 19.0 Å². The van der Waals surface area contributed by atoms with Crippen LogP contribution < -0.4 is 0 Å². The first-order valence-corrected chi connectivity index (χ1v) is 26.3. The van der Waals surface area contributed by atoms with Gasteiger partial charge >= 0.3 is 12.2 Å². The van der Waals surface area contributed by atoms with E-state index in [-0.39, 0.29) is 76.9 Å². The number of piperidine rings is 1. The molecule has 2 saturated carbocycles. The van der Waals surface area contributed by atoms with E-state index in [1.165, 1.54) is 4.90 Å². The van der Waals surface area contributed by atoms with Crippen LogP contribution in [0.1, 0.15) is 84.7 Å². The van der Waals surface area contributed by atoms with Crippen molar-refractivity contribution in [3.05, 3.63) is 63.1 Å². The van der Waals surface area contributed by atoms with Crippen LogP contribution in [0.3, 0.4) is 0 Å². The van der Waals surface area contributed by atoms with Crippen molar-refractivity contribution in [1.29, 1.82) is 5.26 Å². The highest BCUT2D eigenvalue weighted by Crippen LogP contribution is 2.56. The Labute approximate surface area is 376 Å². The van der Waals surface area contributed by atoms with Crippen LogP contribution in [0.25, 0.3) is 32.9 Å². The average molecular weight is 904 g/mol. The van der Waals surface area contributed by atoms with E-state index in [0.717, 1.165) is 18.9 Å². The maximum atomic E-state index is 17.6. The molecule has 62 heavy (non-hydrogen) atoms. The number of pyridine rings is 1. The van der Waals surface area contributed by atoms with Gasteiger partial charge in [-0.2, -0.15) is 5.26 Å². The van der Waals surface area contributed by atoms with Crippen LogP contribution in [0.2, 0.25) is 35.7 Å². The second kappa shape index (κ2) is 15.7. The number of likely N-dealkylation sites (tertiary alicyclic amines) is 2. The third-order valence-electron chi connectivity index (χ3n) is 13.3. The van der Waals surface area contributed by atoms with Gasteiger partial charge < -0.3 is 28.7 Å². The Kier molecular flexibility index (Phi) is 10.2. The van der Waals surface area contributed by atoms with Crippen molar-refractivity contribution in [3.63, 3.8) is 0 Å². The summed E-state index contributed by atoms with van der Waals surface area (Å²) in [5, 5.41) is 11.4. The lowest BCUT2D eigenvalue weighted by Gasteiger charge is -2.41. The number of hydrogen-bond acceptors (Lipinski definition) is 7. The molecule has 6 aliphatic rings. The zero-order valence-electron chi connectivity index (χ0n) is 38.4. The number of halogens is 3. The quantitative estimate of drug-likeness (QED) is 0.153. The number of hydrogen-bond donors (Lipinski definition) is 0. The summed E-state index contributed by atoms with van der Waals surface area (Å²) in [6.45, 7) is 12.2. The van der Waals surface area contributed by atoms with Crippen LogP contribution in [0.15, 0.2) is 30.3 Å². The highest BCUT2D eigenvalue weighted by atomic mass is 35.5. The summed E-state index contributed by atoms with van der Waals surface area (Å²) in [5.41, 5.74) is 2.27. The Morgan fingerprint density at radius 2 is 1.82 bits per heavy atom. The molecule has 328 valence electrons. The van der Waals surface area contributed by atoms with Crippen LogP contribution in [0.4, 0.5) is 14.0 Å². The lowest BCUT2D eigenvalue weighted by Crippen LogP contribution is -2.47. The van der Waals surface area contributed by atoms with Crippen LogP contribution in [-0.2, 0) is 20.7 Å². The fraction of sp³-hybridized carbons (Fsp3) is 0.553. The number of rotatable bonds is 9. The highest BCUT2D eigenvalue weighted by molar-refractivity contribution is 6.76. The molecular weight excluding hydrogens is 847 g/mol. The summed E-state index contributed by atoms with van der Waals surface area (Å²) < 4.78 is 50.9. The van der Waals surface area contributed by atoms with Gasteiger partial charge in [-0.1, -0.05) is 55.0 Å². The van der Waals surface area contributed by atoms with Gasteiger partial charge in [0.25, 0.3) is 0 Å². The Bertz CT molecular complexity index is 2660. The number of nitriles is 1. The lowest BCUT2D eigenvalue weighted by molar-refractivity contribution is -0.136. The van der Waals surface area contributed by atoms with Gasteiger partial charge in [-0.3, -0.25) is 4.79 Å². The van der Waals surface area contributed by atoms with Crippen molar-refractivity contribution >= 4 is 71.2 Å². The minimum atomic E-state index is -2.21. The zero-order chi connectivity index (χ0) is 45.9. The molecule has 4 aliphatic heterocycles. The normalized spacial score (nSPS) is 25.7. The number of carbonyl (C=O) groups is 3. The fourth-order valence-corrected chi connectivity index (χ4v) is 11.4. The predicted molar refractivity (Wildman–Crippen MR) is 240 cm³/mol. The molecule has 2 aromatic heterocycles. The van der Waals surface area contributed by atoms with Gasteiger partial charge in [0, 0.05) is 87.9 Å². The fourth-order valence-electron chi connectivity index (χ4n) is 10.3. The lowest BCUT2D eigenvalue weighted by atomic mass is 9.79. The Morgan fingerprint density at radius 3 is 2.52 bits per heavy atom. The molecule has 3 amide bonds. The monoisotopic (exact) mass is 902 g/mol. The van der Waals surface area contributed by atoms with E-state index in [4.69, 9.17) is 37.7 Å². The first-order valence-electron chi connectivity index (χ1n) is 22.8. The Hall–Kier alpha value is -4.38. The van der Waals surface area contributed by atoms with Crippen LogP contribution in [0, 0.1) is 41.8 Å². The number of nitrogens with zero attached hydrogens (tertiary/aromatic N) is 6. The smallest absolute Gasteiger partial charge is 0.410 e. The van der Waals surface area contributed by atoms with Crippen molar-refractivity contribution in [2.24, 2.45) is 17.8 Å². The van der Waals surface area contributed by atoms with E-state index in [2.05, 4.69) is 30.3 Å². The standard InChI is InChI=1S/C47H55Cl2FN6O5Si/c1-25-32-21-36(42-28-18-30(55(42)44(57)26-13-14-26)24-53(22-28)45(58)60-16-17-62(5,6)7)56(41-29-20-35(41)54(23-29)46(59)61-47(2,3)4)43(32)33-19-27(10-9-15-51)37(39(50)40(33)52-25)31-11-8-12-34(48)38(31)49/h8,11-12,19,21,26,28-30,35,41-42H,9-10,13-14,16-18,20,22-24H2,1-7H3/t28-,29+,30+,35+,41-,42+/m0/s1/i22D2. The minimum Gasteiger partial charge on any atom is -0.450 e. The van der Waals surface area contributed by atoms with Gasteiger partial charge in [0.15, 0.2) is 5.82 Å². The van der Waals surface area contributed by atoms with Crippen molar-refractivity contribution < 1.29 is 31.0 Å². The number of benzene rings is 2. The Balaban J connectivity index is 1.27. The van der Waals surface area contributed by atoms with Gasteiger partial charge in [-0.15, -0.1) is 0 Å². The highest BCUT2D eigenvalue weighted by Gasteiger charge is 2.59. The topological polar surface area (TPSA) is 121 Å². The molecule has 4 aromatic rings. The number of fused-ring (bicyclic) bond motifs is 6. The molecule has 4 saturated heterocycles. The molecule has 15 heteroatoms. The predicted octanol–water partition coefficient (Wildman–Crippen LogP) is 10.7. The van der Waals surface area contributed by atoms with E-state index in [1.54, 1.807) is 23.1 Å². The summed E-state index contributed by atoms with van der Waals surface area (Å²) >= 11 is 13.2. The molecule has 4 bridgehead atoms. The average Bonchev–Trinajstić information content (AvgIpc) is 3.51. The van der Waals surface area contributed by atoms with Crippen molar-refractivity contribution in [1.82, 2.24) is 24.3 Å².